The third-order valence-corrected chi connectivity index (χ3v) is 5.49. The van der Waals surface area contributed by atoms with Crippen molar-refractivity contribution in [3.05, 3.63) is 88.4 Å². The molecule has 3 aromatic carbocycles. The molecule has 0 heterocycles. The summed E-state index contributed by atoms with van der Waals surface area (Å²) >= 11 is 8.70. The van der Waals surface area contributed by atoms with E-state index in [1.807, 2.05) is 42.5 Å². The third kappa shape index (κ3) is 8.44. The van der Waals surface area contributed by atoms with Crippen molar-refractivity contribution in [3.8, 4) is 11.5 Å². The first-order chi connectivity index (χ1) is 16.5. The molecule has 1 amide bonds. The van der Waals surface area contributed by atoms with Crippen LogP contribution in [0.5, 0.6) is 11.5 Å². The van der Waals surface area contributed by atoms with Gasteiger partial charge in [0.25, 0.3) is 5.91 Å². The molecule has 0 radical (unpaired) electrons. The molecule has 178 valence electrons. The highest BCUT2D eigenvalue weighted by molar-refractivity contribution is 9.10. The first kappa shape index (κ1) is 25.7. The van der Waals surface area contributed by atoms with E-state index in [2.05, 4.69) is 38.7 Å². The standard InChI is InChI=1S/C26H27BrN2O4S/c1-31-16-17-33-24-14-9-20(27)18-23(24)25(30)29-26(34)28-21-10-12-22(13-11-21)32-15-5-8-19-6-3-2-4-7-19/h2-4,6-7,9-14,18H,5,8,15-17H2,1H3,(H2,28,29,30,34). The number of carbonyl (C=O) groups is 1. The number of amides is 1. The van der Waals surface area contributed by atoms with Gasteiger partial charge in [0.05, 0.1) is 18.8 Å². The summed E-state index contributed by atoms with van der Waals surface area (Å²) in [5.74, 6) is 0.861. The summed E-state index contributed by atoms with van der Waals surface area (Å²) in [5, 5.41) is 5.89. The van der Waals surface area contributed by atoms with Crippen LogP contribution in [0.2, 0.25) is 0 Å². The lowest BCUT2D eigenvalue weighted by Gasteiger charge is -2.14. The number of nitrogens with one attached hydrogen (secondary N) is 2. The molecule has 0 atom stereocenters. The van der Waals surface area contributed by atoms with E-state index in [1.54, 1.807) is 25.3 Å². The van der Waals surface area contributed by atoms with Crippen LogP contribution >= 0.6 is 28.1 Å². The number of carbonyl (C=O) groups excluding carboxylic acids is 1. The van der Waals surface area contributed by atoms with Gasteiger partial charge in [-0.1, -0.05) is 46.3 Å². The molecule has 3 rings (SSSR count). The number of ether oxygens (including phenoxy) is 3. The van der Waals surface area contributed by atoms with E-state index in [-0.39, 0.29) is 11.0 Å². The van der Waals surface area contributed by atoms with Crippen molar-refractivity contribution in [3.63, 3.8) is 0 Å². The lowest BCUT2D eigenvalue weighted by molar-refractivity contribution is 0.0969. The van der Waals surface area contributed by atoms with E-state index in [1.165, 1.54) is 5.56 Å². The van der Waals surface area contributed by atoms with Crippen molar-refractivity contribution in [1.29, 1.82) is 0 Å². The largest absolute Gasteiger partial charge is 0.494 e. The van der Waals surface area contributed by atoms with Crippen molar-refractivity contribution in [2.45, 2.75) is 12.8 Å². The fraction of sp³-hybridized carbons (Fsp3) is 0.231. The van der Waals surface area contributed by atoms with Crippen molar-refractivity contribution in [1.82, 2.24) is 5.32 Å². The molecule has 2 N–H and O–H groups in total. The average molecular weight is 543 g/mol. The van der Waals surface area contributed by atoms with Gasteiger partial charge in [0.1, 0.15) is 18.1 Å². The molecule has 0 saturated heterocycles. The number of halogens is 1. The monoisotopic (exact) mass is 542 g/mol. The van der Waals surface area contributed by atoms with Gasteiger partial charge in [-0.15, -0.1) is 0 Å². The second-order valence-electron chi connectivity index (χ2n) is 7.35. The van der Waals surface area contributed by atoms with Crippen LogP contribution in [-0.4, -0.2) is 38.0 Å². The second kappa shape index (κ2) is 13.7. The predicted octanol–water partition coefficient (Wildman–Crippen LogP) is 5.61. The van der Waals surface area contributed by atoms with Crippen molar-refractivity contribution in [2.75, 3.05) is 32.2 Å². The van der Waals surface area contributed by atoms with Gasteiger partial charge < -0.3 is 19.5 Å². The summed E-state index contributed by atoms with van der Waals surface area (Å²) in [7, 11) is 1.59. The third-order valence-electron chi connectivity index (χ3n) is 4.79. The smallest absolute Gasteiger partial charge is 0.261 e. The summed E-state index contributed by atoms with van der Waals surface area (Å²) in [5.41, 5.74) is 2.42. The first-order valence-electron chi connectivity index (χ1n) is 10.9. The molecule has 0 spiro atoms. The van der Waals surface area contributed by atoms with E-state index < -0.39 is 0 Å². The Bertz CT molecular complexity index is 1080. The predicted molar refractivity (Wildman–Crippen MR) is 142 cm³/mol. The van der Waals surface area contributed by atoms with Gasteiger partial charge in [0.15, 0.2) is 5.11 Å². The van der Waals surface area contributed by atoms with Gasteiger partial charge in [0, 0.05) is 17.3 Å². The molecule has 0 bridgehead atoms. The molecule has 0 unspecified atom stereocenters. The number of benzene rings is 3. The van der Waals surface area contributed by atoms with Crippen LogP contribution in [0.25, 0.3) is 0 Å². The average Bonchev–Trinajstić information content (AvgIpc) is 2.84. The Morgan fingerprint density at radius 1 is 0.941 bits per heavy atom. The molecule has 0 saturated carbocycles. The molecule has 0 aliphatic heterocycles. The first-order valence-corrected chi connectivity index (χ1v) is 12.1. The van der Waals surface area contributed by atoms with E-state index in [9.17, 15) is 4.79 Å². The highest BCUT2D eigenvalue weighted by Crippen LogP contribution is 2.23. The van der Waals surface area contributed by atoms with E-state index in [4.69, 9.17) is 26.4 Å². The number of rotatable bonds is 11. The second-order valence-corrected chi connectivity index (χ2v) is 8.68. The summed E-state index contributed by atoms with van der Waals surface area (Å²) < 4.78 is 17.2. The van der Waals surface area contributed by atoms with Crippen LogP contribution in [0.1, 0.15) is 22.3 Å². The van der Waals surface area contributed by atoms with E-state index in [0.717, 1.165) is 28.8 Å². The number of anilines is 1. The molecule has 34 heavy (non-hydrogen) atoms. The molecule has 8 heteroatoms. The Morgan fingerprint density at radius 3 is 2.44 bits per heavy atom. The van der Waals surface area contributed by atoms with Crippen LogP contribution in [0.15, 0.2) is 77.3 Å². The minimum atomic E-state index is -0.371. The minimum Gasteiger partial charge on any atom is -0.494 e. The zero-order chi connectivity index (χ0) is 24.2. The highest BCUT2D eigenvalue weighted by atomic mass is 79.9. The van der Waals surface area contributed by atoms with Gasteiger partial charge >= 0.3 is 0 Å². The molecule has 0 fully saturated rings. The fourth-order valence-electron chi connectivity index (χ4n) is 3.12. The number of methoxy groups -OCH3 is 1. The van der Waals surface area contributed by atoms with Crippen LogP contribution in [0.4, 0.5) is 5.69 Å². The maximum atomic E-state index is 12.8. The van der Waals surface area contributed by atoms with E-state index >= 15 is 0 Å². The van der Waals surface area contributed by atoms with Gasteiger partial charge in [-0.05, 0) is 73.1 Å². The Hall–Kier alpha value is -2.94. The summed E-state index contributed by atoms with van der Waals surface area (Å²) in [6, 6.07) is 23.0. The summed E-state index contributed by atoms with van der Waals surface area (Å²) in [4.78, 5) is 12.8. The van der Waals surface area contributed by atoms with Crippen LogP contribution in [-0.2, 0) is 11.2 Å². The molecule has 3 aromatic rings. The Kier molecular flexibility index (Phi) is 10.3. The number of hydrogen-bond donors (Lipinski definition) is 2. The summed E-state index contributed by atoms with van der Waals surface area (Å²) in [6.45, 7) is 1.39. The lowest BCUT2D eigenvalue weighted by atomic mass is 10.1. The molecule has 6 nitrogen and oxygen atoms in total. The lowest BCUT2D eigenvalue weighted by Crippen LogP contribution is -2.34. The molecule has 0 aromatic heterocycles. The number of aryl methyl sites for hydroxylation is 1. The van der Waals surface area contributed by atoms with Gasteiger partial charge in [-0.3, -0.25) is 10.1 Å². The SMILES string of the molecule is COCCOc1ccc(Br)cc1C(=O)NC(=S)Nc1ccc(OCCCc2ccccc2)cc1. The highest BCUT2D eigenvalue weighted by Gasteiger charge is 2.15. The Balaban J connectivity index is 1.47. The Labute approximate surface area is 213 Å². The summed E-state index contributed by atoms with van der Waals surface area (Å²) in [6.07, 6.45) is 1.92. The topological polar surface area (TPSA) is 68.8 Å². The fourth-order valence-corrected chi connectivity index (χ4v) is 3.69. The zero-order valence-electron chi connectivity index (χ0n) is 18.9. The Morgan fingerprint density at radius 2 is 1.71 bits per heavy atom. The zero-order valence-corrected chi connectivity index (χ0v) is 21.3. The molecule has 0 aliphatic carbocycles. The van der Waals surface area contributed by atoms with Gasteiger partial charge in [0.2, 0.25) is 0 Å². The quantitative estimate of drug-likeness (QED) is 0.242. The van der Waals surface area contributed by atoms with Gasteiger partial charge in [-0.2, -0.15) is 0 Å². The van der Waals surface area contributed by atoms with Crippen LogP contribution in [0.3, 0.4) is 0 Å². The van der Waals surface area contributed by atoms with Crippen molar-refractivity contribution in [2.24, 2.45) is 0 Å². The maximum absolute atomic E-state index is 12.8. The molecule has 0 aliphatic rings. The van der Waals surface area contributed by atoms with Gasteiger partial charge in [-0.25, -0.2) is 0 Å². The number of thiocarbonyl (C=S) groups is 1. The van der Waals surface area contributed by atoms with Crippen molar-refractivity contribution >= 4 is 44.9 Å². The van der Waals surface area contributed by atoms with E-state index in [0.29, 0.717) is 31.1 Å². The number of hydrogen-bond acceptors (Lipinski definition) is 5. The maximum Gasteiger partial charge on any atom is 0.261 e. The van der Waals surface area contributed by atoms with Crippen LogP contribution in [0, 0.1) is 0 Å². The normalized spacial score (nSPS) is 10.4. The molecular formula is C26H27BrN2O4S. The minimum absolute atomic E-state index is 0.185. The van der Waals surface area contributed by atoms with Crippen LogP contribution < -0.4 is 20.1 Å². The molecular weight excluding hydrogens is 516 g/mol. The van der Waals surface area contributed by atoms with Crippen molar-refractivity contribution < 1.29 is 19.0 Å².